The molecule has 0 fully saturated rings. The number of benzene rings is 1. The van der Waals surface area contributed by atoms with Crippen LogP contribution < -0.4 is 16.4 Å². The van der Waals surface area contributed by atoms with Crippen molar-refractivity contribution in [3.63, 3.8) is 0 Å². The fraction of sp³-hybridized carbons (Fsp3) is 0.500. The van der Waals surface area contributed by atoms with E-state index in [1.165, 1.54) is 0 Å². The van der Waals surface area contributed by atoms with Crippen LogP contribution in [0.2, 0.25) is 0 Å². The van der Waals surface area contributed by atoms with Gasteiger partial charge in [-0.1, -0.05) is 50.6 Å². The van der Waals surface area contributed by atoms with Crippen LogP contribution in [0, 0.1) is 5.92 Å². The normalized spacial score (nSPS) is 14.0. The number of rotatable bonds is 10. The fourth-order valence-electron chi connectivity index (χ4n) is 2.22. The third-order valence-corrected chi connectivity index (χ3v) is 3.95. The van der Waals surface area contributed by atoms with Crippen molar-refractivity contribution in [2.24, 2.45) is 11.7 Å². The van der Waals surface area contributed by atoms with Crippen LogP contribution in [-0.2, 0) is 20.9 Å². The summed E-state index contributed by atoms with van der Waals surface area (Å²) < 4.78 is 5.00. The summed E-state index contributed by atoms with van der Waals surface area (Å²) in [7, 11) is 0. The van der Waals surface area contributed by atoms with Crippen LogP contribution in [0.3, 0.4) is 0 Å². The number of alkyl carbamates (subject to hydrolysis) is 1. The first-order valence-electron chi connectivity index (χ1n) is 8.54. The molecule has 8 heteroatoms. The Morgan fingerprint density at radius 3 is 2.46 bits per heavy atom. The average molecular weight is 365 g/mol. The molecule has 0 aliphatic carbocycles. The van der Waals surface area contributed by atoms with Crippen molar-refractivity contribution in [3.05, 3.63) is 35.9 Å². The van der Waals surface area contributed by atoms with Gasteiger partial charge < -0.3 is 26.2 Å². The Morgan fingerprint density at radius 2 is 1.88 bits per heavy atom. The van der Waals surface area contributed by atoms with Crippen LogP contribution in [0.4, 0.5) is 4.79 Å². The Kier molecular flexibility index (Phi) is 9.14. The van der Waals surface area contributed by atoms with Crippen LogP contribution in [0.1, 0.15) is 32.3 Å². The van der Waals surface area contributed by atoms with Crippen molar-refractivity contribution >= 4 is 17.9 Å². The summed E-state index contributed by atoms with van der Waals surface area (Å²) in [5, 5.41) is 14.8. The van der Waals surface area contributed by atoms with Gasteiger partial charge in [0.15, 0.2) is 0 Å². The minimum atomic E-state index is -1.11. The SMILES string of the molecule is CC[C@H](C)[C@H](NC(=O)C[C@H](O)CNC(=O)OCc1ccccc1)C(N)=O. The molecule has 0 aromatic heterocycles. The number of nitrogens with two attached hydrogens (primary N) is 1. The van der Waals surface area contributed by atoms with E-state index >= 15 is 0 Å². The van der Waals surface area contributed by atoms with Crippen molar-refractivity contribution in [2.45, 2.75) is 45.4 Å². The van der Waals surface area contributed by atoms with Crippen molar-refractivity contribution in [2.75, 3.05) is 6.54 Å². The van der Waals surface area contributed by atoms with E-state index in [0.29, 0.717) is 6.42 Å². The first-order valence-corrected chi connectivity index (χ1v) is 8.54. The third-order valence-electron chi connectivity index (χ3n) is 3.95. The smallest absolute Gasteiger partial charge is 0.407 e. The number of hydrogen-bond donors (Lipinski definition) is 4. The quantitative estimate of drug-likeness (QED) is 0.484. The summed E-state index contributed by atoms with van der Waals surface area (Å²) in [5.41, 5.74) is 6.12. The standard InChI is InChI=1S/C18H27N3O5/c1-3-12(2)16(17(19)24)21-15(23)9-14(22)10-20-18(25)26-11-13-7-5-4-6-8-13/h4-8,12,14,16,22H,3,9-11H2,1-2H3,(H2,19,24)(H,20,25)(H,21,23)/t12-,14-,16-/m0/s1. The van der Waals surface area contributed by atoms with Gasteiger partial charge in [0.25, 0.3) is 0 Å². The molecule has 1 aromatic carbocycles. The molecule has 0 bridgehead atoms. The van der Waals surface area contributed by atoms with Gasteiger partial charge in [-0.15, -0.1) is 0 Å². The number of aliphatic hydroxyl groups is 1. The molecule has 0 spiro atoms. The van der Waals surface area contributed by atoms with Crippen LogP contribution in [0.5, 0.6) is 0 Å². The van der Waals surface area contributed by atoms with E-state index in [-0.39, 0.29) is 25.5 Å². The lowest BCUT2D eigenvalue weighted by atomic mass is 9.98. The molecule has 3 atom stereocenters. The van der Waals surface area contributed by atoms with E-state index < -0.39 is 30.1 Å². The molecule has 0 aliphatic rings. The first kappa shape index (κ1) is 21.4. The van der Waals surface area contributed by atoms with Gasteiger partial charge >= 0.3 is 6.09 Å². The number of carbonyl (C=O) groups is 3. The Labute approximate surface area is 153 Å². The predicted molar refractivity (Wildman–Crippen MR) is 95.8 cm³/mol. The van der Waals surface area contributed by atoms with Gasteiger partial charge in [0.05, 0.1) is 12.5 Å². The zero-order valence-electron chi connectivity index (χ0n) is 15.1. The Morgan fingerprint density at radius 1 is 1.23 bits per heavy atom. The highest BCUT2D eigenvalue weighted by Crippen LogP contribution is 2.08. The molecule has 0 saturated carbocycles. The van der Waals surface area contributed by atoms with E-state index in [4.69, 9.17) is 10.5 Å². The molecule has 0 unspecified atom stereocenters. The highest BCUT2D eigenvalue weighted by Gasteiger charge is 2.24. The summed E-state index contributed by atoms with van der Waals surface area (Å²) in [5.74, 6) is -1.24. The van der Waals surface area contributed by atoms with E-state index in [9.17, 15) is 19.5 Å². The molecule has 8 nitrogen and oxygen atoms in total. The number of carbonyl (C=O) groups excluding carboxylic acids is 3. The molecule has 144 valence electrons. The largest absolute Gasteiger partial charge is 0.445 e. The summed E-state index contributed by atoms with van der Waals surface area (Å²) in [6, 6.07) is 8.37. The minimum absolute atomic E-state index is 0.110. The van der Waals surface area contributed by atoms with Crippen molar-refractivity contribution in [3.8, 4) is 0 Å². The maximum absolute atomic E-state index is 11.9. The second kappa shape index (κ2) is 11.1. The number of aliphatic hydroxyl groups excluding tert-OH is 1. The molecule has 1 rings (SSSR count). The molecule has 1 aromatic rings. The Balaban J connectivity index is 2.31. The summed E-state index contributed by atoms with van der Waals surface area (Å²) in [4.78, 5) is 34.9. The molecule has 26 heavy (non-hydrogen) atoms. The lowest BCUT2D eigenvalue weighted by Crippen LogP contribution is -2.49. The minimum Gasteiger partial charge on any atom is -0.445 e. The molecule has 0 aliphatic heterocycles. The van der Waals surface area contributed by atoms with Gasteiger partial charge in [-0.3, -0.25) is 9.59 Å². The van der Waals surface area contributed by atoms with Gasteiger partial charge in [-0.25, -0.2) is 4.79 Å². The monoisotopic (exact) mass is 365 g/mol. The molecule has 3 amide bonds. The first-order chi connectivity index (χ1) is 12.3. The maximum atomic E-state index is 11.9. The molecule has 0 saturated heterocycles. The fourth-order valence-corrected chi connectivity index (χ4v) is 2.22. The van der Waals surface area contributed by atoms with E-state index in [0.717, 1.165) is 5.56 Å². The average Bonchev–Trinajstić information content (AvgIpc) is 2.62. The topological polar surface area (TPSA) is 131 Å². The van der Waals surface area contributed by atoms with E-state index in [1.54, 1.807) is 6.92 Å². The lowest BCUT2D eigenvalue weighted by Gasteiger charge is -2.22. The van der Waals surface area contributed by atoms with Crippen LogP contribution in [-0.4, -0.2) is 41.7 Å². The number of nitrogens with one attached hydrogen (secondary N) is 2. The van der Waals surface area contributed by atoms with E-state index in [2.05, 4.69) is 10.6 Å². The second-order valence-corrected chi connectivity index (χ2v) is 6.13. The highest BCUT2D eigenvalue weighted by atomic mass is 16.5. The highest BCUT2D eigenvalue weighted by molar-refractivity contribution is 5.87. The molecule has 0 heterocycles. The number of amides is 3. The lowest BCUT2D eigenvalue weighted by molar-refractivity contribution is -0.129. The van der Waals surface area contributed by atoms with Gasteiger partial charge in [0.2, 0.25) is 11.8 Å². The Hall–Kier alpha value is -2.61. The van der Waals surface area contributed by atoms with Crippen LogP contribution in [0.25, 0.3) is 0 Å². The summed E-state index contributed by atoms with van der Waals surface area (Å²) in [6.07, 6.45) is -1.39. The predicted octanol–water partition coefficient (Wildman–Crippen LogP) is 0.680. The van der Waals surface area contributed by atoms with E-state index in [1.807, 2.05) is 37.3 Å². The summed E-state index contributed by atoms with van der Waals surface area (Å²) >= 11 is 0. The van der Waals surface area contributed by atoms with Crippen molar-refractivity contribution < 1.29 is 24.2 Å². The van der Waals surface area contributed by atoms with Crippen LogP contribution >= 0.6 is 0 Å². The zero-order valence-corrected chi connectivity index (χ0v) is 15.1. The van der Waals surface area contributed by atoms with Gasteiger partial charge in [-0.05, 0) is 11.5 Å². The Bertz CT molecular complexity index is 594. The zero-order chi connectivity index (χ0) is 19.5. The number of hydrogen-bond acceptors (Lipinski definition) is 5. The van der Waals surface area contributed by atoms with Crippen molar-refractivity contribution in [1.29, 1.82) is 0 Å². The molecule has 5 N–H and O–H groups in total. The van der Waals surface area contributed by atoms with Gasteiger partial charge in [-0.2, -0.15) is 0 Å². The second-order valence-electron chi connectivity index (χ2n) is 6.13. The molecule has 0 radical (unpaired) electrons. The number of ether oxygens (including phenoxy) is 1. The van der Waals surface area contributed by atoms with Gasteiger partial charge in [0, 0.05) is 6.54 Å². The number of primary amides is 1. The third kappa shape index (κ3) is 7.98. The molecular weight excluding hydrogens is 338 g/mol. The van der Waals surface area contributed by atoms with Crippen molar-refractivity contribution in [1.82, 2.24) is 10.6 Å². The summed E-state index contributed by atoms with van der Waals surface area (Å²) in [6.45, 7) is 3.65. The van der Waals surface area contributed by atoms with Gasteiger partial charge in [0.1, 0.15) is 12.6 Å². The maximum Gasteiger partial charge on any atom is 0.407 e. The van der Waals surface area contributed by atoms with Crippen LogP contribution in [0.15, 0.2) is 30.3 Å². The molecular formula is C18H27N3O5.